The third kappa shape index (κ3) is 3.68. The molecule has 0 fully saturated rings. The molecule has 1 amide bonds. The SMILES string of the molecule is O=C(Cn1ncc2ccccc2c1=O)NCC#Cc1ccccc1. The van der Waals surface area contributed by atoms with Crippen molar-refractivity contribution in [3.05, 3.63) is 76.7 Å². The van der Waals surface area contributed by atoms with Gasteiger partial charge in [-0.3, -0.25) is 9.59 Å². The van der Waals surface area contributed by atoms with E-state index in [0.29, 0.717) is 5.39 Å². The smallest absolute Gasteiger partial charge is 0.275 e. The Balaban J connectivity index is 1.62. The van der Waals surface area contributed by atoms with E-state index in [4.69, 9.17) is 0 Å². The van der Waals surface area contributed by atoms with Crippen LogP contribution >= 0.6 is 0 Å². The van der Waals surface area contributed by atoms with Gasteiger partial charge in [-0.25, -0.2) is 4.68 Å². The fourth-order valence-corrected chi connectivity index (χ4v) is 2.24. The maximum atomic E-state index is 12.3. The average molecular weight is 317 g/mol. The summed E-state index contributed by atoms with van der Waals surface area (Å²) in [7, 11) is 0. The van der Waals surface area contributed by atoms with E-state index in [1.165, 1.54) is 0 Å². The highest BCUT2D eigenvalue weighted by Gasteiger charge is 2.07. The molecule has 1 heterocycles. The van der Waals surface area contributed by atoms with Crippen molar-refractivity contribution in [2.24, 2.45) is 0 Å². The monoisotopic (exact) mass is 317 g/mol. The molecule has 0 aliphatic heterocycles. The van der Waals surface area contributed by atoms with Crippen LogP contribution in [0, 0.1) is 11.8 Å². The molecule has 5 nitrogen and oxygen atoms in total. The molecule has 0 atom stereocenters. The van der Waals surface area contributed by atoms with Crippen molar-refractivity contribution in [3.63, 3.8) is 0 Å². The molecule has 118 valence electrons. The number of fused-ring (bicyclic) bond motifs is 1. The van der Waals surface area contributed by atoms with Gasteiger partial charge in [0.1, 0.15) is 6.54 Å². The standard InChI is InChI=1S/C19H15N3O2/c23-18(20-12-6-9-15-7-2-1-3-8-15)14-22-19(24)17-11-5-4-10-16(17)13-21-22/h1-5,7-8,10-11,13H,12,14H2,(H,20,23). The van der Waals surface area contributed by atoms with Gasteiger partial charge in [-0.1, -0.05) is 48.2 Å². The number of nitrogens with zero attached hydrogens (tertiary/aromatic N) is 2. The number of rotatable bonds is 3. The number of aromatic nitrogens is 2. The van der Waals surface area contributed by atoms with Gasteiger partial charge in [0.05, 0.1) is 18.1 Å². The van der Waals surface area contributed by atoms with Gasteiger partial charge in [-0.15, -0.1) is 0 Å². The number of hydrogen-bond acceptors (Lipinski definition) is 3. The lowest BCUT2D eigenvalue weighted by atomic mass is 10.2. The molecule has 0 saturated heterocycles. The molecular weight excluding hydrogens is 302 g/mol. The van der Waals surface area contributed by atoms with E-state index >= 15 is 0 Å². The molecule has 0 radical (unpaired) electrons. The van der Waals surface area contributed by atoms with Gasteiger partial charge in [-0.05, 0) is 18.2 Å². The highest BCUT2D eigenvalue weighted by atomic mass is 16.2. The van der Waals surface area contributed by atoms with Crippen LogP contribution in [-0.2, 0) is 11.3 Å². The minimum atomic E-state index is -0.303. The average Bonchev–Trinajstić information content (AvgIpc) is 2.62. The Kier molecular flexibility index (Phi) is 4.68. The number of nitrogens with one attached hydrogen (secondary N) is 1. The zero-order valence-electron chi connectivity index (χ0n) is 12.9. The van der Waals surface area contributed by atoms with E-state index in [2.05, 4.69) is 22.3 Å². The Labute approximate surface area is 138 Å². The molecule has 0 spiro atoms. The second kappa shape index (κ2) is 7.25. The maximum Gasteiger partial charge on any atom is 0.275 e. The third-order valence-corrected chi connectivity index (χ3v) is 3.44. The summed E-state index contributed by atoms with van der Waals surface area (Å²) in [5.74, 6) is 5.52. The molecule has 0 unspecified atom stereocenters. The minimum Gasteiger partial charge on any atom is -0.344 e. The van der Waals surface area contributed by atoms with E-state index in [-0.39, 0.29) is 24.6 Å². The molecule has 1 aromatic heterocycles. The Hall–Kier alpha value is -3.39. The van der Waals surface area contributed by atoms with Gasteiger partial charge in [0.2, 0.25) is 5.91 Å². The molecule has 1 N–H and O–H groups in total. The molecule has 0 aliphatic rings. The summed E-state index contributed by atoms with van der Waals surface area (Å²) in [6, 6.07) is 16.7. The normalized spacial score (nSPS) is 10.0. The zero-order chi connectivity index (χ0) is 16.8. The van der Waals surface area contributed by atoms with E-state index in [0.717, 1.165) is 15.6 Å². The van der Waals surface area contributed by atoms with Crippen LogP contribution in [0.5, 0.6) is 0 Å². The second-order valence-electron chi connectivity index (χ2n) is 5.14. The van der Waals surface area contributed by atoms with Crippen LogP contribution in [0.4, 0.5) is 0 Å². The van der Waals surface area contributed by atoms with Crippen LogP contribution in [0.1, 0.15) is 5.56 Å². The van der Waals surface area contributed by atoms with Crippen molar-refractivity contribution in [2.75, 3.05) is 6.54 Å². The molecular formula is C19H15N3O2. The van der Waals surface area contributed by atoms with E-state index < -0.39 is 0 Å². The fraction of sp³-hybridized carbons (Fsp3) is 0.105. The second-order valence-corrected chi connectivity index (χ2v) is 5.14. The quantitative estimate of drug-likeness (QED) is 0.746. The Morgan fingerprint density at radius 1 is 1.08 bits per heavy atom. The maximum absolute atomic E-state index is 12.3. The van der Waals surface area contributed by atoms with Crippen LogP contribution in [0.3, 0.4) is 0 Å². The van der Waals surface area contributed by atoms with Crippen LogP contribution < -0.4 is 10.9 Å². The Bertz CT molecular complexity index is 982. The number of carbonyl (C=O) groups is 1. The lowest BCUT2D eigenvalue weighted by molar-refractivity contribution is -0.121. The highest BCUT2D eigenvalue weighted by Crippen LogP contribution is 2.06. The lowest BCUT2D eigenvalue weighted by Gasteiger charge is -2.05. The summed E-state index contributed by atoms with van der Waals surface area (Å²) >= 11 is 0. The summed E-state index contributed by atoms with van der Waals surface area (Å²) in [6.07, 6.45) is 1.58. The van der Waals surface area contributed by atoms with Crippen LogP contribution in [0.25, 0.3) is 10.8 Å². The topological polar surface area (TPSA) is 64.0 Å². The van der Waals surface area contributed by atoms with Gasteiger partial charge >= 0.3 is 0 Å². The largest absolute Gasteiger partial charge is 0.344 e. The molecule has 3 rings (SSSR count). The van der Waals surface area contributed by atoms with Gasteiger partial charge in [0, 0.05) is 10.9 Å². The molecule has 0 saturated carbocycles. The Morgan fingerprint density at radius 2 is 1.83 bits per heavy atom. The van der Waals surface area contributed by atoms with E-state index in [1.807, 2.05) is 42.5 Å². The van der Waals surface area contributed by atoms with Gasteiger partial charge < -0.3 is 5.32 Å². The molecule has 24 heavy (non-hydrogen) atoms. The minimum absolute atomic E-state index is 0.128. The van der Waals surface area contributed by atoms with Crippen molar-refractivity contribution in [1.82, 2.24) is 15.1 Å². The van der Waals surface area contributed by atoms with Gasteiger partial charge in [0.15, 0.2) is 0 Å². The van der Waals surface area contributed by atoms with Gasteiger partial charge in [-0.2, -0.15) is 5.10 Å². The first kappa shape index (κ1) is 15.5. The summed E-state index contributed by atoms with van der Waals surface area (Å²) < 4.78 is 1.16. The molecule has 0 aliphatic carbocycles. The summed E-state index contributed by atoms with van der Waals surface area (Å²) in [6.45, 7) is 0.0900. The first-order chi connectivity index (χ1) is 11.7. The van der Waals surface area contributed by atoms with E-state index in [1.54, 1.807) is 18.3 Å². The summed E-state index contributed by atoms with van der Waals surface area (Å²) in [5.41, 5.74) is 0.609. The number of benzene rings is 2. The predicted molar refractivity (Wildman–Crippen MR) is 92.3 cm³/mol. The van der Waals surface area contributed by atoms with Crippen molar-refractivity contribution in [2.45, 2.75) is 6.54 Å². The van der Waals surface area contributed by atoms with Crippen molar-refractivity contribution >= 4 is 16.7 Å². The summed E-state index contributed by atoms with van der Waals surface area (Å²) in [4.78, 5) is 24.2. The number of hydrogen-bond donors (Lipinski definition) is 1. The van der Waals surface area contributed by atoms with Gasteiger partial charge in [0.25, 0.3) is 5.56 Å². The van der Waals surface area contributed by atoms with Crippen LogP contribution in [0.15, 0.2) is 65.6 Å². The molecule has 0 bridgehead atoms. The number of amides is 1. The van der Waals surface area contributed by atoms with Crippen molar-refractivity contribution < 1.29 is 4.79 Å². The first-order valence-electron chi connectivity index (χ1n) is 7.49. The highest BCUT2D eigenvalue weighted by molar-refractivity contribution is 5.81. The number of carbonyl (C=O) groups excluding carboxylic acids is 1. The zero-order valence-corrected chi connectivity index (χ0v) is 12.9. The fourth-order valence-electron chi connectivity index (χ4n) is 2.24. The van der Waals surface area contributed by atoms with E-state index in [9.17, 15) is 9.59 Å². The summed E-state index contributed by atoms with van der Waals surface area (Å²) in [5, 5.41) is 8.00. The lowest BCUT2D eigenvalue weighted by Crippen LogP contribution is -2.33. The predicted octanol–water partition coefficient (Wildman–Crippen LogP) is 1.56. The third-order valence-electron chi connectivity index (χ3n) is 3.44. The molecule has 5 heteroatoms. The molecule has 3 aromatic rings. The van der Waals surface area contributed by atoms with Crippen LogP contribution in [-0.4, -0.2) is 22.2 Å². The van der Waals surface area contributed by atoms with Crippen molar-refractivity contribution in [1.29, 1.82) is 0 Å². The van der Waals surface area contributed by atoms with Crippen LogP contribution in [0.2, 0.25) is 0 Å². The molecule has 2 aromatic carbocycles. The first-order valence-corrected chi connectivity index (χ1v) is 7.49. The Morgan fingerprint density at radius 3 is 2.67 bits per heavy atom. The van der Waals surface area contributed by atoms with Crippen molar-refractivity contribution in [3.8, 4) is 11.8 Å².